The number of rotatable bonds is 81. The van der Waals surface area contributed by atoms with Crippen molar-refractivity contribution in [3.8, 4) is 0 Å². The van der Waals surface area contributed by atoms with Crippen molar-refractivity contribution in [3.05, 3.63) is 36.5 Å². The van der Waals surface area contributed by atoms with Gasteiger partial charge in [0.2, 0.25) is 5.91 Å². The number of aliphatic hydroxyl groups excluding tert-OH is 2. The van der Waals surface area contributed by atoms with E-state index in [4.69, 9.17) is 4.74 Å². The molecule has 6 heteroatoms. The maximum Gasteiger partial charge on any atom is 0.305 e. The molecule has 0 rings (SSSR count). The highest BCUT2D eigenvalue weighted by atomic mass is 16.5. The predicted octanol–water partition coefficient (Wildman–Crippen LogP) is 28.6. The molecule has 2 unspecified atom stereocenters. The zero-order valence-corrected chi connectivity index (χ0v) is 63.3. The minimum atomic E-state index is -0.843. The van der Waals surface area contributed by atoms with Crippen molar-refractivity contribution in [1.29, 1.82) is 0 Å². The fraction of sp³-hybridized carbons (Fsp3) is 0.908. The molecular weight excluding hydrogens is 1140 g/mol. The number of carbonyl (C=O) groups is 2. The van der Waals surface area contributed by atoms with Crippen molar-refractivity contribution in [2.24, 2.45) is 0 Å². The Balaban J connectivity index is 3.35. The van der Waals surface area contributed by atoms with Gasteiger partial charge in [-0.15, -0.1) is 0 Å². The molecule has 93 heavy (non-hydrogen) atoms. The summed E-state index contributed by atoms with van der Waals surface area (Å²) in [5.41, 5.74) is 0. The van der Waals surface area contributed by atoms with Gasteiger partial charge < -0.3 is 20.3 Å². The summed E-state index contributed by atoms with van der Waals surface area (Å²) in [5.74, 6) is -0.0349. The first kappa shape index (κ1) is 91.1. The molecule has 0 fully saturated rings. The van der Waals surface area contributed by atoms with Crippen LogP contribution >= 0.6 is 0 Å². The van der Waals surface area contributed by atoms with Crippen molar-refractivity contribution < 1.29 is 24.5 Å². The van der Waals surface area contributed by atoms with Crippen LogP contribution in [0, 0.1) is 0 Å². The molecule has 6 nitrogen and oxygen atoms in total. The number of nitrogens with one attached hydrogen (secondary N) is 1. The molecule has 0 aliphatic carbocycles. The van der Waals surface area contributed by atoms with Crippen LogP contribution in [0.15, 0.2) is 36.5 Å². The third kappa shape index (κ3) is 79.0. The lowest BCUT2D eigenvalue weighted by Gasteiger charge is -2.20. The predicted molar refractivity (Wildman–Crippen MR) is 412 cm³/mol. The van der Waals surface area contributed by atoms with E-state index in [1.165, 1.54) is 411 Å². The van der Waals surface area contributed by atoms with Gasteiger partial charge in [0.05, 0.1) is 25.4 Å². The SMILES string of the molecule is CCCCCCCCCCCCCCCCCC/C=C/C(O)C(CO)NC(=O)CCCCCCCCCCCCCCCCCCC/C=C\C/C=C\CCCCCCCCCCCCCCCCCOC(=O)CCCCCCCCCCCCCCCCCCCCC. The number of unbranched alkanes of at least 4 members (excludes halogenated alkanes) is 66. The molecule has 0 saturated carbocycles. The summed E-state index contributed by atoms with van der Waals surface area (Å²) in [6.45, 7) is 4.96. The fourth-order valence-electron chi connectivity index (χ4n) is 13.7. The van der Waals surface area contributed by atoms with Gasteiger partial charge in [-0.25, -0.2) is 0 Å². The van der Waals surface area contributed by atoms with E-state index in [0.717, 1.165) is 44.9 Å². The second kappa shape index (κ2) is 82.5. The molecule has 0 radical (unpaired) electrons. The zero-order chi connectivity index (χ0) is 67.0. The Morgan fingerprint density at radius 1 is 0.301 bits per heavy atom. The molecule has 0 aromatic rings. The maximum atomic E-state index is 12.5. The number of amides is 1. The van der Waals surface area contributed by atoms with Gasteiger partial charge in [0.15, 0.2) is 0 Å². The van der Waals surface area contributed by atoms with E-state index in [1.807, 2.05) is 6.08 Å². The van der Waals surface area contributed by atoms with Gasteiger partial charge in [-0.05, 0) is 64.2 Å². The summed E-state index contributed by atoms with van der Waals surface area (Å²) >= 11 is 0. The van der Waals surface area contributed by atoms with E-state index >= 15 is 0 Å². The molecule has 0 aromatic carbocycles. The Labute approximate surface area is 583 Å². The first-order valence-corrected chi connectivity index (χ1v) is 42.8. The van der Waals surface area contributed by atoms with Crippen LogP contribution in [-0.2, 0) is 14.3 Å². The number of hydrogen-bond acceptors (Lipinski definition) is 5. The van der Waals surface area contributed by atoms with Gasteiger partial charge >= 0.3 is 5.97 Å². The van der Waals surface area contributed by atoms with Crippen molar-refractivity contribution >= 4 is 11.9 Å². The fourth-order valence-corrected chi connectivity index (χ4v) is 13.7. The monoisotopic (exact) mass is 1310 g/mol. The molecule has 0 saturated heterocycles. The standard InChI is InChI=1S/C87H167NO5/c1-3-5-7-9-11-13-15-17-19-21-44-49-53-57-61-65-69-73-77-81-87(92)93-82-78-74-70-66-62-58-54-50-46-43-41-39-37-35-33-31-29-27-25-23-24-26-28-30-32-34-36-38-40-42-45-48-52-56-60-64-68-72-76-80-86(91)88-84(83-89)85(90)79-75-71-67-63-59-55-51-47-22-20-18-16-14-12-10-8-6-4-2/h23-24,27,29,75,79,84-85,89-90H,3-22,25-26,28,30-74,76-78,80-83H2,1-2H3,(H,88,91)/b24-23-,29-27-,79-75+. The quantitative estimate of drug-likeness (QED) is 0.0320. The second-order valence-electron chi connectivity index (χ2n) is 29.5. The molecule has 550 valence electrons. The topological polar surface area (TPSA) is 95.9 Å². The number of carbonyl (C=O) groups excluding carboxylic acids is 2. The molecule has 1 amide bonds. The Hall–Kier alpha value is -1.92. The first-order chi connectivity index (χ1) is 46.0. The summed E-state index contributed by atoms with van der Waals surface area (Å²) in [5, 5.41) is 23.3. The van der Waals surface area contributed by atoms with Crippen LogP contribution in [0.1, 0.15) is 483 Å². The molecule has 0 bridgehead atoms. The number of allylic oxidation sites excluding steroid dienone is 5. The third-order valence-electron chi connectivity index (χ3n) is 20.2. The minimum Gasteiger partial charge on any atom is -0.466 e. The molecule has 3 N–H and O–H groups in total. The number of esters is 1. The number of ether oxygens (including phenoxy) is 1. The molecular formula is C87H167NO5. The van der Waals surface area contributed by atoms with Crippen LogP contribution in [0.3, 0.4) is 0 Å². The zero-order valence-electron chi connectivity index (χ0n) is 63.3. The molecule has 0 aliphatic rings. The van der Waals surface area contributed by atoms with E-state index in [-0.39, 0.29) is 18.5 Å². The lowest BCUT2D eigenvalue weighted by Crippen LogP contribution is -2.45. The average molecular weight is 1310 g/mol. The maximum absolute atomic E-state index is 12.5. The third-order valence-corrected chi connectivity index (χ3v) is 20.2. The molecule has 0 spiro atoms. The second-order valence-corrected chi connectivity index (χ2v) is 29.5. The smallest absolute Gasteiger partial charge is 0.305 e. The minimum absolute atomic E-state index is 0.0259. The summed E-state index contributed by atoms with van der Waals surface area (Å²) in [7, 11) is 0. The highest BCUT2D eigenvalue weighted by Gasteiger charge is 2.18. The number of aliphatic hydroxyl groups is 2. The summed E-state index contributed by atoms with van der Waals surface area (Å²) in [6, 6.07) is -0.626. The van der Waals surface area contributed by atoms with E-state index in [0.29, 0.717) is 19.4 Å². The lowest BCUT2D eigenvalue weighted by atomic mass is 10.0. The summed E-state index contributed by atoms with van der Waals surface area (Å²) in [4.78, 5) is 24.7. The van der Waals surface area contributed by atoms with Gasteiger partial charge in [0, 0.05) is 12.8 Å². The lowest BCUT2D eigenvalue weighted by molar-refractivity contribution is -0.143. The van der Waals surface area contributed by atoms with Crippen LogP contribution in [0.2, 0.25) is 0 Å². The molecule has 0 aromatic heterocycles. The van der Waals surface area contributed by atoms with Crippen molar-refractivity contribution in [3.63, 3.8) is 0 Å². The number of hydrogen-bond donors (Lipinski definition) is 3. The van der Waals surface area contributed by atoms with E-state index in [9.17, 15) is 19.8 Å². The highest BCUT2D eigenvalue weighted by Crippen LogP contribution is 2.20. The highest BCUT2D eigenvalue weighted by molar-refractivity contribution is 5.76. The van der Waals surface area contributed by atoms with Crippen LogP contribution in [0.5, 0.6) is 0 Å². The van der Waals surface area contributed by atoms with Gasteiger partial charge in [0.1, 0.15) is 0 Å². The van der Waals surface area contributed by atoms with Crippen LogP contribution in [0.25, 0.3) is 0 Å². The van der Waals surface area contributed by atoms with Crippen LogP contribution in [0.4, 0.5) is 0 Å². The van der Waals surface area contributed by atoms with Crippen LogP contribution in [-0.4, -0.2) is 47.4 Å². The van der Waals surface area contributed by atoms with Gasteiger partial charge in [0.25, 0.3) is 0 Å². The Morgan fingerprint density at radius 3 is 0.817 bits per heavy atom. The Bertz CT molecular complexity index is 1510. The van der Waals surface area contributed by atoms with E-state index in [1.54, 1.807) is 6.08 Å². The van der Waals surface area contributed by atoms with E-state index < -0.39 is 12.1 Å². The van der Waals surface area contributed by atoms with Gasteiger partial charge in [-0.3, -0.25) is 9.59 Å². The molecule has 0 aliphatic heterocycles. The first-order valence-electron chi connectivity index (χ1n) is 42.8. The largest absolute Gasteiger partial charge is 0.466 e. The normalized spacial score (nSPS) is 12.6. The Morgan fingerprint density at radius 2 is 0.538 bits per heavy atom. The van der Waals surface area contributed by atoms with Crippen LogP contribution < -0.4 is 5.32 Å². The van der Waals surface area contributed by atoms with E-state index in [2.05, 4.69) is 43.5 Å². The average Bonchev–Trinajstić information content (AvgIpc) is 3.78. The van der Waals surface area contributed by atoms with Crippen molar-refractivity contribution in [2.45, 2.75) is 495 Å². The van der Waals surface area contributed by atoms with Gasteiger partial charge in [-0.1, -0.05) is 442 Å². The molecule has 2 atom stereocenters. The summed E-state index contributed by atoms with van der Waals surface area (Å²) in [6.07, 6.45) is 109. The van der Waals surface area contributed by atoms with Crippen molar-refractivity contribution in [1.82, 2.24) is 5.32 Å². The Kier molecular flexibility index (Phi) is 80.8. The van der Waals surface area contributed by atoms with Crippen molar-refractivity contribution in [2.75, 3.05) is 13.2 Å². The van der Waals surface area contributed by atoms with Gasteiger partial charge in [-0.2, -0.15) is 0 Å². The molecule has 0 heterocycles. The summed E-state index contributed by atoms with van der Waals surface area (Å²) < 4.78 is 5.52.